The van der Waals surface area contributed by atoms with Crippen molar-refractivity contribution in [3.05, 3.63) is 45.7 Å². The molecule has 2 amide bonds. The van der Waals surface area contributed by atoms with Gasteiger partial charge >= 0.3 is 18.0 Å². The van der Waals surface area contributed by atoms with Crippen molar-refractivity contribution in [3.8, 4) is 0 Å². The molecule has 4 aliphatic heterocycles. The number of esters is 2. The number of hydrogen-bond donors (Lipinski definition) is 1. The normalized spacial score (nSPS) is 22.8. The molecule has 0 unspecified atom stereocenters. The number of piperidine rings is 1. The van der Waals surface area contributed by atoms with Gasteiger partial charge in [-0.25, -0.2) is 14.4 Å². The van der Waals surface area contributed by atoms with Crippen LogP contribution in [0.25, 0.3) is 0 Å². The molecular weight excluding hydrogens is 426 g/mol. The van der Waals surface area contributed by atoms with Gasteiger partial charge in [0.25, 0.3) is 0 Å². The monoisotopic (exact) mass is 455 g/mol. The fourth-order valence-corrected chi connectivity index (χ4v) is 5.38. The van der Waals surface area contributed by atoms with Crippen molar-refractivity contribution >= 4 is 18.0 Å². The number of fused-ring (bicyclic) bond motifs is 1. The van der Waals surface area contributed by atoms with Crippen molar-refractivity contribution in [2.45, 2.75) is 45.4 Å². The van der Waals surface area contributed by atoms with Crippen LogP contribution in [0, 0.1) is 6.92 Å². The minimum absolute atomic E-state index is 0.0494. The van der Waals surface area contributed by atoms with E-state index < -0.39 is 6.10 Å². The molecule has 0 spiro atoms. The van der Waals surface area contributed by atoms with Crippen LogP contribution in [-0.4, -0.2) is 83.1 Å². The molecule has 5 rings (SSSR count). The van der Waals surface area contributed by atoms with E-state index in [1.165, 1.54) is 0 Å². The molecule has 4 heterocycles. The van der Waals surface area contributed by atoms with Crippen LogP contribution < -0.4 is 0 Å². The Labute approximate surface area is 192 Å². The van der Waals surface area contributed by atoms with E-state index in [-0.39, 0.29) is 37.2 Å². The van der Waals surface area contributed by atoms with E-state index in [9.17, 15) is 19.5 Å². The number of amides is 2. The first kappa shape index (κ1) is 21.9. The summed E-state index contributed by atoms with van der Waals surface area (Å²) in [5.41, 5.74) is 4.41. The lowest BCUT2D eigenvalue weighted by Gasteiger charge is -2.37. The standard InChI is InChI=1S/C24H29N3O6/c1-14-17(3-4-18-19(14)12-32-23(18)30)21(28)11-25-7-5-16(6-8-25)26-9-10-27(24(26)31)20-13-33-22(29)15(20)2/h3-4,16,21,28H,5-13H2,1-2H3/t21-/m0/s1. The number of cyclic esters (lactones) is 2. The van der Waals surface area contributed by atoms with Gasteiger partial charge in [0.1, 0.15) is 13.2 Å². The maximum atomic E-state index is 13.0. The Bertz CT molecular complexity index is 1040. The number of nitrogens with zero attached hydrogens (tertiary/aromatic N) is 3. The number of benzene rings is 1. The summed E-state index contributed by atoms with van der Waals surface area (Å²) in [6.07, 6.45) is 1.03. The summed E-state index contributed by atoms with van der Waals surface area (Å²) in [5, 5.41) is 10.9. The molecule has 1 aromatic rings. The fourth-order valence-electron chi connectivity index (χ4n) is 5.38. The predicted molar refractivity (Wildman–Crippen MR) is 117 cm³/mol. The van der Waals surface area contributed by atoms with Gasteiger partial charge in [-0.3, -0.25) is 4.90 Å². The van der Waals surface area contributed by atoms with Gasteiger partial charge in [-0.05, 0) is 43.9 Å². The zero-order chi connectivity index (χ0) is 23.3. The molecule has 176 valence electrons. The number of hydrogen-bond acceptors (Lipinski definition) is 7. The van der Waals surface area contributed by atoms with Gasteiger partial charge in [-0.1, -0.05) is 6.07 Å². The van der Waals surface area contributed by atoms with Crippen molar-refractivity contribution in [2.24, 2.45) is 0 Å². The molecule has 33 heavy (non-hydrogen) atoms. The number of ether oxygens (including phenoxy) is 2. The zero-order valence-corrected chi connectivity index (χ0v) is 19.0. The number of β-amino-alcohol motifs (C(OH)–C–C–N with tert-alkyl or cyclic N) is 1. The van der Waals surface area contributed by atoms with Gasteiger partial charge in [-0.2, -0.15) is 0 Å². The second-order valence-corrected chi connectivity index (χ2v) is 9.21. The smallest absolute Gasteiger partial charge is 0.338 e. The molecule has 0 saturated carbocycles. The summed E-state index contributed by atoms with van der Waals surface area (Å²) in [7, 11) is 0. The Morgan fingerprint density at radius 1 is 1.00 bits per heavy atom. The van der Waals surface area contributed by atoms with Crippen LogP contribution in [0.15, 0.2) is 23.4 Å². The van der Waals surface area contributed by atoms with Crippen LogP contribution in [0.4, 0.5) is 4.79 Å². The number of carbonyl (C=O) groups is 3. The van der Waals surface area contributed by atoms with Gasteiger partial charge in [-0.15, -0.1) is 0 Å². The average molecular weight is 456 g/mol. The Morgan fingerprint density at radius 3 is 2.42 bits per heavy atom. The Kier molecular flexibility index (Phi) is 5.62. The zero-order valence-electron chi connectivity index (χ0n) is 19.0. The SMILES string of the molecule is CC1=C(N2CCN(C3CCN(C[C@H](O)c4ccc5c(c4C)COC5=O)CC3)C2=O)COC1=O. The van der Waals surface area contributed by atoms with Gasteiger partial charge in [0.15, 0.2) is 0 Å². The summed E-state index contributed by atoms with van der Waals surface area (Å²) in [6, 6.07) is 3.67. The third kappa shape index (κ3) is 3.79. The van der Waals surface area contributed by atoms with Crippen molar-refractivity contribution in [1.82, 2.24) is 14.7 Å². The van der Waals surface area contributed by atoms with Crippen LogP contribution in [-0.2, 0) is 20.9 Å². The summed E-state index contributed by atoms with van der Waals surface area (Å²) in [4.78, 5) is 42.3. The average Bonchev–Trinajstić information content (AvgIpc) is 3.47. The van der Waals surface area contributed by atoms with Gasteiger partial charge < -0.3 is 24.4 Å². The predicted octanol–water partition coefficient (Wildman–Crippen LogP) is 1.73. The van der Waals surface area contributed by atoms with E-state index in [1.54, 1.807) is 17.9 Å². The van der Waals surface area contributed by atoms with E-state index in [0.717, 1.165) is 42.6 Å². The lowest BCUT2D eigenvalue weighted by molar-refractivity contribution is -0.136. The Hall–Kier alpha value is -2.91. The summed E-state index contributed by atoms with van der Waals surface area (Å²) in [5.74, 6) is -0.648. The number of carbonyl (C=O) groups excluding carboxylic acids is 3. The number of aliphatic hydroxyl groups is 1. The van der Waals surface area contributed by atoms with Crippen molar-refractivity contribution < 1.29 is 29.0 Å². The second kappa shape index (κ2) is 8.46. The third-order valence-corrected chi connectivity index (χ3v) is 7.44. The number of aliphatic hydroxyl groups excluding tert-OH is 1. The maximum absolute atomic E-state index is 13.0. The summed E-state index contributed by atoms with van der Waals surface area (Å²) >= 11 is 0. The van der Waals surface area contributed by atoms with E-state index in [0.29, 0.717) is 36.5 Å². The molecular formula is C24H29N3O6. The van der Waals surface area contributed by atoms with Crippen molar-refractivity contribution in [3.63, 3.8) is 0 Å². The highest BCUT2D eigenvalue weighted by Crippen LogP contribution is 2.31. The van der Waals surface area contributed by atoms with E-state index in [1.807, 2.05) is 17.9 Å². The van der Waals surface area contributed by atoms with Crippen molar-refractivity contribution in [1.29, 1.82) is 0 Å². The van der Waals surface area contributed by atoms with Crippen LogP contribution in [0.1, 0.15) is 52.9 Å². The van der Waals surface area contributed by atoms with Crippen molar-refractivity contribution in [2.75, 3.05) is 39.3 Å². The third-order valence-electron chi connectivity index (χ3n) is 7.44. The number of rotatable bonds is 5. The molecule has 0 aliphatic carbocycles. The minimum atomic E-state index is -0.652. The first-order valence-electron chi connectivity index (χ1n) is 11.5. The highest BCUT2D eigenvalue weighted by Gasteiger charge is 2.39. The molecule has 1 aromatic carbocycles. The summed E-state index contributed by atoms with van der Waals surface area (Å²) < 4.78 is 10.2. The summed E-state index contributed by atoms with van der Waals surface area (Å²) in [6.45, 7) is 7.38. The topological polar surface area (TPSA) is 99.6 Å². The number of urea groups is 1. The lowest BCUT2D eigenvalue weighted by Crippen LogP contribution is -2.47. The van der Waals surface area contributed by atoms with E-state index in [2.05, 4.69) is 4.90 Å². The molecule has 0 bridgehead atoms. The molecule has 0 radical (unpaired) electrons. The van der Waals surface area contributed by atoms with Gasteiger partial charge in [0, 0.05) is 44.3 Å². The molecule has 0 aromatic heterocycles. The first-order chi connectivity index (χ1) is 15.8. The van der Waals surface area contributed by atoms with Crippen LogP contribution in [0.2, 0.25) is 0 Å². The second-order valence-electron chi connectivity index (χ2n) is 9.21. The Morgan fingerprint density at radius 2 is 1.73 bits per heavy atom. The lowest BCUT2D eigenvalue weighted by atomic mass is 9.94. The maximum Gasteiger partial charge on any atom is 0.338 e. The molecule has 4 aliphatic rings. The van der Waals surface area contributed by atoms with Gasteiger partial charge in [0.05, 0.1) is 22.9 Å². The van der Waals surface area contributed by atoms with Crippen LogP contribution >= 0.6 is 0 Å². The molecule has 2 fully saturated rings. The van der Waals surface area contributed by atoms with E-state index in [4.69, 9.17) is 9.47 Å². The highest BCUT2D eigenvalue weighted by molar-refractivity contribution is 5.94. The Balaban J connectivity index is 1.17. The highest BCUT2D eigenvalue weighted by atomic mass is 16.5. The molecule has 1 N–H and O–H groups in total. The quantitative estimate of drug-likeness (QED) is 0.675. The van der Waals surface area contributed by atoms with E-state index >= 15 is 0 Å². The molecule has 1 atom stereocenters. The van der Waals surface area contributed by atoms with Crippen LogP contribution in [0.3, 0.4) is 0 Å². The fraction of sp³-hybridized carbons (Fsp3) is 0.542. The largest absolute Gasteiger partial charge is 0.457 e. The first-order valence-corrected chi connectivity index (χ1v) is 11.5. The van der Waals surface area contributed by atoms with Crippen LogP contribution in [0.5, 0.6) is 0 Å². The molecule has 2 saturated heterocycles. The van der Waals surface area contributed by atoms with Gasteiger partial charge in [0.2, 0.25) is 0 Å². The molecule has 9 heteroatoms. The number of likely N-dealkylation sites (tertiary alicyclic amines) is 1. The molecule has 9 nitrogen and oxygen atoms in total. The minimum Gasteiger partial charge on any atom is -0.457 e.